The summed E-state index contributed by atoms with van der Waals surface area (Å²) in [6.07, 6.45) is 0. The average Bonchev–Trinajstić information content (AvgIpc) is 2.42. The zero-order chi connectivity index (χ0) is 9.42. The molecule has 0 bridgehead atoms. The van der Waals surface area contributed by atoms with Crippen LogP contribution in [0.5, 0.6) is 0 Å². The molecule has 0 aliphatic rings. The van der Waals surface area contributed by atoms with Crippen molar-refractivity contribution in [2.24, 2.45) is 12.8 Å². The Bertz CT molecular complexity index is 495. The topological polar surface area (TPSA) is 63.8 Å². The predicted molar refractivity (Wildman–Crippen MR) is 51.4 cm³/mol. The normalized spacial score (nSPS) is 10.9. The molecule has 2 aromatic rings. The fourth-order valence-electron chi connectivity index (χ4n) is 1.41. The summed E-state index contributed by atoms with van der Waals surface area (Å²) < 4.78 is 1.58. The molecular weight excluding hydrogens is 166 g/mol. The Labute approximate surface area is 75.0 Å². The van der Waals surface area contributed by atoms with Gasteiger partial charge in [-0.1, -0.05) is 6.07 Å². The van der Waals surface area contributed by atoms with Gasteiger partial charge < -0.3 is 10.7 Å². The first kappa shape index (κ1) is 8.07. The van der Waals surface area contributed by atoms with Gasteiger partial charge in [-0.2, -0.15) is 0 Å². The Balaban J connectivity index is 2.80. The van der Waals surface area contributed by atoms with Crippen LogP contribution in [0.2, 0.25) is 0 Å². The number of aryl methyl sites for hydroxylation is 1. The molecule has 3 N–H and O–H groups in total. The van der Waals surface area contributed by atoms with Crippen molar-refractivity contribution >= 4 is 11.0 Å². The average molecular weight is 177 g/mol. The van der Waals surface area contributed by atoms with Gasteiger partial charge in [0, 0.05) is 13.6 Å². The molecule has 0 aliphatic heterocycles. The Kier molecular flexibility index (Phi) is 1.70. The van der Waals surface area contributed by atoms with E-state index in [0.717, 1.165) is 16.6 Å². The fourth-order valence-corrected chi connectivity index (χ4v) is 1.41. The summed E-state index contributed by atoms with van der Waals surface area (Å²) in [4.78, 5) is 14.0. The molecule has 4 heteroatoms. The van der Waals surface area contributed by atoms with Crippen molar-refractivity contribution in [2.45, 2.75) is 6.54 Å². The van der Waals surface area contributed by atoms with E-state index < -0.39 is 0 Å². The summed E-state index contributed by atoms with van der Waals surface area (Å²) in [6, 6.07) is 5.72. The van der Waals surface area contributed by atoms with Crippen LogP contribution in [0.4, 0.5) is 0 Å². The van der Waals surface area contributed by atoms with E-state index in [9.17, 15) is 4.79 Å². The molecule has 1 heterocycles. The first-order chi connectivity index (χ1) is 6.22. The van der Waals surface area contributed by atoms with E-state index in [0.29, 0.717) is 6.54 Å². The van der Waals surface area contributed by atoms with Gasteiger partial charge in [-0.15, -0.1) is 0 Å². The molecule has 0 saturated heterocycles. The summed E-state index contributed by atoms with van der Waals surface area (Å²) in [7, 11) is 1.74. The van der Waals surface area contributed by atoms with Gasteiger partial charge in [-0.25, -0.2) is 4.79 Å². The van der Waals surface area contributed by atoms with E-state index in [1.165, 1.54) is 0 Å². The summed E-state index contributed by atoms with van der Waals surface area (Å²) in [5.74, 6) is 0. The highest BCUT2D eigenvalue weighted by molar-refractivity contribution is 5.75. The van der Waals surface area contributed by atoms with Crippen molar-refractivity contribution in [3.05, 3.63) is 34.2 Å². The van der Waals surface area contributed by atoms with Crippen molar-refractivity contribution in [3.8, 4) is 0 Å². The number of hydrogen-bond acceptors (Lipinski definition) is 2. The molecule has 0 amide bonds. The molecular formula is C9H11N3O. The standard InChI is InChI=1S/C9H11N3O/c1-12-8-3-2-6(5-10)4-7(8)11-9(12)13/h2-4H,5,10H2,1H3,(H,11,13). The van der Waals surface area contributed by atoms with Crippen molar-refractivity contribution in [2.75, 3.05) is 0 Å². The highest BCUT2D eigenvalue weighted by Gasteiger charge is 2.02. The summed E-state index contributed by atoms with van der Waals surface area (Å²) in [6.45, 7) is 0.493. The van der Waals surface area contributed by atoms with Gasteiger partial charge in [0.1, 0.15) is 0 Å². The molecule has 0 atom stereocenters. The van der Waals surface area contributed by atoms with Crippen LogP contribution in [-0.4, -0.2) is 9.55 Å². The van der Waals surface area contributed by atoms with Crippen molar-refractivity contribution in [1.29, 1.82) is 0 Å². The molecule has 4 nitrogen and oxygen atoms in total. The van der Waals surface area contributed by atoms with Crippen LogP contribution < -0.4 is 11.4 Å². The third kappa shape index (κ3) is 1.15. The van der Waals surface area contributed by atoms with Crippen LogP contribution in [0.3, 0.4) is 0 Å². The van der Waals surface area contributed by atoms with Gasteiger partial charge in [-0.3, -0.25) is 4.57 Å². The zero-order valence-electron chi connectivity index (χ0n) is 7.37. The van der Waals surface area contributed by atoms with Gasteiger partial charge in [0.15, 0.2) is 0 Å². The Morgan fingerprint density at radius 3 is 3.00 bits per heavy atom. The Hall–Kier alpha value is -1.55. The van der Waals surface area contributed by atoms with Gasteiger partial charge in [0.05, 0.1) is 11.0 Å². The maximum Gasteiger partial charge on any atom is 0.326 e. The molecule has 0 unspecified atom stereocenters. The minimum absolute atomic E-state index is 0.0934. The fraction of sp³-hybridized carbons (Fsp3) is 0.222. The van der Waals surface area contributed by atoms with Crippen molar-refractivity contribution in [1.82, 2.24) is 9.55 Å². The van der Waals surface area contributed by atoms with Gasteiger partial charge in [-0.05, 0) is 17.7 Å². The number of hydrogen-bond donors (Lipinski definition) is 2. The quantitative estimate of drug-likeness (QED) is 0.659. The zero-order valence-corrected chi connectivity index (χ0v) is 7.37. The largest absolute Gasteiger partial charge is 0.326 e. The molecule has 0 aliphatic carbocycles. The number of nitrogens with zero attached hydrogens (tertiary/aromatic N) is 1. The molecule has 0 radical (unpaired) electrons. The number of aromatic amines is 1. The molecule has 0 saturated carbocycles. The van der Waals surface area contributed by atoms with Crippen LogP contribution in [0.25, 0.3) is 11.0 Å². The van der Waals surface area contributed by atoms with Crippen LogP contribution in [0, 0.1) is 0 Å². The van der Waals surface area contributed by atoms with Gasteiger partial charge in [0.2, 0.25) is 0 Å². The number of H-pyrrole nitrogens is 1. The van der Waals surface area contributed by atoms with Crippen molar-refractivity contribution in [3.63, 3.8) is 0 Å². The van der Waals surface area contributed by atoms with Crippen LogP contribution in [0.15, 0.2) is 23.0 Å². The minimum atomic E-state index is -0.0934. The number of benzene rings is 1. The van der Waals surface area contributed by atoms with Crippen LogP contribution in [-0.2, 0) is 13.6 Å². The number of nitrogens with two attached hydrogens (primary N) is 1. The molecule has 0 spiro atoms. The monoisotopic (exact) mass is 177 g/mol. The van der Waals surface area contributed by atoms with Crippen molar-refractivity contribution < 1.29 is 0 Å². The second-order valence-corrected chi connectivity index (χ2v) is 3.04. The lowest BCUT2D eigenvalue weighted by Crippen LogP contribution is -2.11. The van der Waals surface area contributed by atoms with E-state index in [2.05, 4.69) is 4.98 Å². The highest BCUT2D eigenvalue weighted by atomic mass is 16.1. The predicted octanol–water partition coefficient (Wildman–Crippen LogP) is 0.325. The Morgan fingerprint density at radius 2 is 2.31 bits per heavy atom. The van der Waals surface area contributed by atoms with E-state index in [1.54, 1.807) is 11.6 Å². The molecule has 1 aromatic heterocycles. The second-order valence-electron chi connectivity index (χ2n) is 3.04. The smallest absolute Gasteiger partial charge is 0.326 e. The lowest BCUT2D eigenvalue weighted by atomic mass is 10.2. The summed E-state index contributed by atoms with van der Waals surface area (Å²) in [5.41, 5.74) is 8.16. The number of aromatic nitrogens is 2. The number of fused-ring (bicyclic) bond motifs is 1. The first-order valence-corrected chi connectivity index (χ1v) is 4.10. The lowest BCUT2D eigenvalue weighted by Gasteiger charge is -1.96. The van der Waals surface area contributed by atoms with E-state index in [4.69, 9.17) is 5.73 Å². The number of imidazole rings is 1. The van der Waals surface area contributed by atoms with Crippen LogP contribution >= 0.6 is 0 Å². The third-order valence-electron chi connectivity index (χ3n) is 2.20. The summed E-state index contributed by atoms with van der Waals surface area (Å²) in [5, 5.41) is 0. The van der Waals surface area contributed by atoms with Gasteiger partial charge >= 0.3 is 5.69 Å². The summed E-state index contributed by atoms with van der Waals surface area (Å²) >= 11 is 0. The first-order valence-electron chi connectivity index (χ1n) is 4.10. The number of nitrogens with one attached hydrogen (secondary N) is 1. The molecule has 2 rings (SSSR count). The lowest BCUT2D eigenvalue weighted by molar-refractivity contribution is 0.891. The highest BCUT2D eigenvalue weighted by Crippen LogP contribution is 2.10. The Morgan fingerprint density at radius 1 is 1.54 bits per heavy atom. The maximum atomic E-state index is 11.2. The second kappa shape index (κ2) is 2.74. The molecule has 68 valence electrons. The van der Waals surface area contributed by atoms with E-state index in [1.807, 2.05) is 18.2 Å². The van der Waals surface area contributed by atoms with Crippen LogP contribution in [0.1, 0.15) is 5.56 Å². The maximum absolute atomic E-state index is 11.2. The van der Waals surface area contributed by atoms with E-state index in [-0.39, 0.29) is 5.69 Å². The van der Waals surface area contributed by atoms with Gasteiger partial charge in [0.25, 0.3) is 0 Å². The molecule has 1 aromatic carbocycles. The molecule has 13 heavy (non-hydrogen) atoms. The minimum Gasteiger partial charge on any atom is -0.326 e. The van der Waals surface area contributed by atoms with E-state index >= 15 is 0 Å². The molecule has 0 fully saturated rings. The SMILES string of the molecule is Cn1c(=O)[nH]c2cc(CN)ccc21. The third-order valence-corrected chi connectivity index (χ3v) is 2.20. The number of rotatable bonds is 1.